The number of hydrogen-bond acceptors (Lipinski definition) is 10. The van der Waals surface area contributed by atoms with Crippen molar-refractivity contribution in [2.24, 2.45) is 11.8 Å². The minimum absolute atomic E-state index is 0.0852. The largest absolute Gasteiger partial charge is 0.472 e. The summed E-state index contributed by atoms with van der Waals surface area (Å²) in [5, 5.41) is 17.7. The number of imidazole rings is 2. The molecule has 8 rings (SSSR count). The number of halogens is 1. The number of ether oxygens (including phenoxy) is 3. The first-order valence-electron chi connectivity index (χ1n) is 20.9. The second-order valence-electron chi connectivity index (χ2n) is 17.0. The zero-order chi connectivity index (χ0) is 43.3. The minimum atomic E-state index is -1.64. The van der Waals surface area contributed by atoms with E-state index in [1.165, 1.54) is 21.1 Å². The molecule has 2 saturated heterocycles. The summed E-state index contributed by atoms with van der Waals surface area (Å²) in [6.45, 7) is 10.6. The second-order valence-corrected chi connectivity index (χ2v) is 17.4. The van der Waals surface area contributed by atoms with Gasteiger partial charge in [0, 0.05) is 43.6 Å². The molecule has 0 bridgehead atoms. The maximum absolute atomic E-state index is 13.8. The lowest BCUT2D eigenvalue weighted by Crippen LogP contribution is -2.57. The van der Waals surface area contributed by atoms with Gasteiger partial charge in [0.05, 0.1) is 70.8 Å². The Bertz CT molecular complexity index is 2460. The standard InChI is InChI=1S/C44H54ClN9O7/c1-23(2)37(50-43(57)59-6)41(55)52-14-8-10-32(52)40-47-21-30(49-40)26-17-28(45)36-34-18-27-16-25(12-13-31(27)54(34)22-61-35(36)19-26)29-20-46-39(48-29)33-11-9-15-53(33)42(56)38(24(3)4)51-44(5,58)60-7/h12-13,16-21,23-24,32-33,37-38,51,58H,8-11,14-15,22H2,1-7H3,(H,46,48)(H,47,49)(H,50,57). The van der Waals surface area contributed by atoms with Crippen LogP contribution >= 0.6 is 11.6 Å². The van der Waals surface area contributed by atoms with Crippen LogP contribution in [0.5, 0.6) is 5.75 Å². The monoisotopic (exact) mass is 855 g/mol. The van der Waals surface area contributed by atoms with Crippen molar-refractivity contribution in [3.05, 3.63) is 65.5 Å². The van der Waals surface area contributed by atoms with E-state index in [0.29, 0.717) is 42.2 Å². The number of aliphatic hydroxyl groups is 1. The molecule has 5 atom stereocenters. The average molecular weight is 856 g/mol. The second kappa shape index (κ2) is 16.8. The molecule has 0 radical (unpaired) electrons. The Balaban J connectivity index is 1.01. The van der Waals surface area contributed by atoms with E-state index in [1.54, 1.807) is 11.1 Å². The average Bonchev–Trinajstić information content (AvgIpc) is 4.09. The van der Waals surface area contributed by atoms with Gasteiger partial charge < -0.3 is 49.0 Å². The molecule has 0 spiro atoms. The van der Waals surface area contributed by atoms with Gasteiger partial charge in [-0.1, -0.05) is 45.4 Å². The number of likely N-dealkylation sites (tertiary alicyclic amines) is 2. The fourth-order valence-electron chi connectivity index (χ4n) is 8.87. The van der Waals surface area contributed by atoms with Gasteiger partial charge in [-0.3, -0.25) is 14.9 Å². The fourth-order valence-corrected chi connectivity index (χ4v) is 9.18. The molecule has 5 aromatic rings. The third-order valence-electron chi connectivity index (χ3n) is 12.2. The van der Waals surface area contributed by atoms with Crippen molar-refractivity contribution in [2.45, 2.75) is 97.1 Å². The summed E-state index contributed by atoms with van der Waals surface area (Å²) in [5.74, 6) is -0.107. The molecule has 3 aliphatic heterocycles. The molecule has 16 nitrogen and oxygen atoms in total. The van der Waals surface area contributed by atoms with Crippen LogP contribution in [0.3, 0.4) is 0 Å². The molecule has 3 aromatic heterocycles. The number of rotatable bonds is 12. The first kappa shape index (κ1) is 42.3. The summed E-state index contributed by atoms with van der Waals surface area (Å²) in [4.78, 5) is 59.6. The van der Waals surface area contributed by atoms with Crippen molar-refractivity contribution < 1.29 is 33.7 Å². The Morgan fingerprint density at radius 3 is 2.08 bits per heavy atom. The lowest BCUT2D eigenvalue weighted by molar-refractivity contribution is -0.203. The van der Waals surface area contributed by atoms with Crippen molar-refractivity contribution >= 4 is 40.4 Å². The van der Waals surface area contributed by atoms with E-state index in [9.17, 15) is 19.5 Å². The number of benzene rings is 2. The number of nitrogens with one attached hydrogen (secondary N) is 4. The molecule has 0 aliphatic carbocycles. The summed E-state index contributed by atoms with van der Waals surface area (Å²) in [6.07, 6.45) is 6.09. The minimum Gasteiger partial charge on any atom is -0.472 e. The van der Waals surface area contributed by atoms with Crippen molar-refractivity contribution in [1.82, 2.24) is 44.9 Å². The molecule has 6 heterocycles. The first-order chi connectivity index (χ1) is 29.2. The summed E-state index contributed by atoms with van der Waals surface area (Å²) in [6, 6.07) is 10.3. The maximum atomic E-state index is 13.8. The van der Waals surface area contributed by atoms with Gasteiger partial charge >= 0.3 is 6.09 Å². The van der Waals surface area contributed by atoms with Gasteiger partial charge in [-0.15, -0.1) is 0 Å². The van der Waals surface area contributed by atoms with Crippen LogP contribution in [-0.4, -0.2) is 103 Å². The molecule has 0 saturated carbocycles. The number of aromatic nitrogens is 5. The Labute approximate surface area is 359 Å². The number of hydrogen-bond donors (Lipinski definition) is 5. The van der Waals surface area contributed by atoms with E-state index < -0.39 is 24.1 Å². The van der Waals surface area contributed by atoms with Crippen LogP contribution in [0.25, 0.3) is 44.7 Å². The lowest BCUT2D eigenvalue weighted by atomic mass is 10.0. The van der Waals surface area contributed by atoms with Crippen LogP contribution in [0.4, 0.5) is 4.79 Å². The van der Waals surface area contributed by atoms with Gasteiger partial charge in [0.1, 0.15) is 23.4 Å². The fraction of sp³-hybridized carbons (Fsp3) is 0.477. The maximum Gasteiger partial charge on any atom is 0.407 e. The van der Waals surface area contributed by atoms with Gasteiger partial charge in [0.2, 0.25) is 17.7 Å². The van der Waals surface area contributed by atoms with E-state index in [0.717, 1.165) is 70.4 Å². The molecule has 2 aromatic carbocycles. The number of alkyl carbamates (subject to hydrolysis) is 1. The Hall–Kier alpha value is -5.42. The predicted octanol–water partition coefficient (Wildman–Crippen LogP) is 6.73. The number of H-pyrrole nitrogens is 2. The summed E-state index contributed by atoms with van der Waals surface area (Å²) in [5.41, 5.74) is 6.03. The van der Waals surface area contributed by atoms with Gasteiger partial charge in [-0.2, -0.15) is 0 Å². The van der Waals surface area contributed by atoms with Crippen molar-refractivity contribution in [1.29, 1.82) is 0 Å². The highest BCUT2D eigenvalue weighted by Gasteiger charge is 2.40. The molecule has 5 N–H and O–H groups in total. The molecular weight excluding hydrogens is 802 g/mol. The molecule has 2 fully saturated rings. The van der Waals surface area contributed by atoms with Crippen LogP contribution in [-0.2, 0) is 25.8 Å². The Kier molecular flexibility index (Phi) is 11.6. The highest BCUT2D eigenvalue weighted by molar-refractivity contribution is 6.34. The first-order valence-corrected chi connectivity index (χ1v) is 21.3. The van der Waals surface area contributed by atoms with E-state index in [-0.39, 0.29) is 35.7 Å². The molecular formula is C44H54ClN9O7. The van der Waals surface area contributed by atoms with E-state index in [4.69, 9.17) is 35.8 Å². The zero-order valence-corrected chi connectivity index (χ0v) is 36.3. The van der Waals surface area contributed by atoms with Crippen LogP contribution in [0.15, 0.2) is 48.8 Å². The van der Waals surface area contributed by atoms with E-state index in [2.05, 4.69) is 43.4 Å². The van der Waals surface area contributed by atoms with Crippen LogP contribution < -0.4 is 15.4 Å². The van der Waals surface area contributed by atoms with Crippen molar-refractivity contribution in [2.75, 3.05) is 27.3 Å². The van der Waals surface area contributed by atoms with Gasteiger partial charge in [-0.25, -0.2) is 14.8 Å². The number of carbonyl (C=O) groups excluding carboxylic acids is 3. The highest BCUT2D eigenvalue weighted by Crippen LogP contribution is 2.46. The number of carbonyl (C=O) groups is 3. The smallest absolute Gasteiger partial charge is 0.407 e. The van der Waals surface area contributed by atoms with E-state index in [1.807, 2.05) is 57.0 Å². The Morgan fingerprint density at radius 2 is 1.49 bits per heavy atom. The normalized spacial score (nSPS) is 19.5. The van der Waals surface area contributed by atoms with Crippen molar-refractivity contribution in [3.8, 4) is 39.5 Å². The summed E-state index contributed by atoms with van der Waals surface area (Å²) < 4.78 is 18.4. The van der Waals surface area contributed by atoms with Crippen LogP contribution in [0, 0.1) is 11.8 Å². The van der Waals surface area contributed by atoms with Crippen LogP contribution in [0.2, 0.25) is 5.02 Å². The van der Waals surface area contributed by atoms with Gasteiger partial charge in [0.15, 0.2) is 6.73 Å². The summed E-state index contributed by atoms with van der Waals surface area (Å²) >= 11 is 7.08. The summed E-state index contributed by atoms with van der Waals surface area (Å²) in [7, 11) is 2.68. The third-order valence-corrected chi connectivity index (χ3v) is 12.5. The zero-order valence-electron chi connectivity index (χ0n) is 35.5. The van der Waals surface area contributed by atoms with Crippen molar-refractivity contribution in [3.63, 3.8) is 0 Å². The number of methoxy groups -OCH3 is 2. The molecule has 5 unspecified atom stereocenters. The van der Waals surface area contributed by atoms with Gasteiger partial charge in [0.25, 0.3) is 0 Å². The lowest BCUT2D eigenvalue weighted by Gasteiger charge is -2.34. The third kappa shape index (κ3) is 8.09. The number of amides is 3. The number of aromatic amines is 2. The topological polar surface area (TPSA) is 192 Å². The highest BCUT2D eigenvalue weighted by atomic mass is 35.5. The molecule has 17 heteroatoms. The predicted molar refractivity (Wildman–Crippen MR) is 229 cm³/mol. The van der Waals surface area contributed by atoms with Crippen LogP contribution in [0.1, 0.15) is 84.0 Å². The number of nitrogens with zero attached hydrogens (tertiary/aromatic N) is 5. The Morgan fingerprint density at radius 1 is 0.885 bits per heavy atom. The molecule has 324 valence electrons. The quantitative estimate of drug-likeness (QED) is 0.0842. The van der Waals surface area contributed by atoms with E-state index >= 15 is 0 Å². The molecule has 3 aliphatic rings. The number of fused-ring (bicyclic) bond motifs is 5. The van der Waals surface area contributed by atoms with Gasteiger partial charge in [-0.05, 0) is 67.9 Å². The SMILES string of the molecule is COC(=O)NC(C(=O)N1CCCC1c1ncc(-c2cc(Cl)c3c(c2)OCn2c-3cc3cc(-c4cnc(C5CCCN5C(=O)C(NC(C)(O)OC)C(C)C)[nH]4)ccc32)[nH]1)C(C)C. The molecule has 3 amide bonds. The molecule has 61 heavy (non-hydrogen) atoms.